The van der Waals surface area contributed by atoms with Gasteiger partial charge in [0.25, 0.3) is 0 Å². The van der Waals surface area contributed by atoms with E-state index in [2.05, 4.69) is 11.9 Å². The number of hydrogen-bond donors (Lipinski definition) is 0. The van der Waals surface area contributed by atoms with Crippen molar-refractivity contribution in [3.05, 3.63) is 76.0 Å². The Morgan fingerprint density at radius 2 is 1.94 bits per heavy atom. The largest absolute Gasteiger partial charge is 0.453 e. The first kappa shape index (κ1) is 21.1. The fraction of sp³-hybridized carbons (Fsp3) is 0.174. The number of benzene rings is 2. The van der Waals surface area contributed by atoms with Crippen LogP contribution in [0.25, 0.3) is 11.0 Å². The standard InChI is InChI=1S/C23H19ClN2O4S/c1-3-15-4-7-19(8-5-15)26(14(2)27)23-25-18(13-31-23)12-29-22(28)21-11-16-10-17(24)6-9-20(16)30-21/h4-11,13H,3,12H2,1-2H3. The second-order valence-corrected chi connectivity index (χ2v) is 8.14. The molecule has 0 saturated heterocycles. The minimum atomic E-state index is -0.597. The number of furan rings is 1. The van der Waals surface area contributed by atoms with E-state index in [-0.39, 0.29) is 18.3 Å². The number of aromatic nitrogens is 1. The van der Waals surface area contributed by atoms with Gasteiger partial charge in [0.05, 0.1) is 11.4 Å². The van der Waals surface area contributed by atoms with Crippen LogP contribution in [0.4, 0.5) is 10.8 Å². The number of amides is 1. The average Bonchev–Trinajstić information content (AvgIpc) is 3.39. The zero-order chi connectivity index (χ0) is 22.0. The monoisotopic (exact) mass is 454 g/mol. The third kappa shape index (κ3) is 4.62. The summed E-state index contributed by atoms with van der Waals surface area (Å²) in [4.78, 5) is 30.6. The Balaban J connectivity index is 1.46. The molecular formula is C23H19ClN2O4S. The van der Waals surface area contributed by atoms with Crippen molar-refractivity contribution in [1.29, 1.82) is 0 Å². The Morgan fingerprint density at radius 3 is 2.65 bits per heavy atom. The maximum Gasteiger partial charge on any atom is 0.374 e. The summed E-state index contributed by atoms with van der Waals surface area (Å²) in [5.41, 5.74) is 3.03. The molecule has 0 aliphatic carbocycles. The van der Waals surface area contributed by atoms with Crippen molar-refractivity contribution in [1.82, 2.24) is 4.98 Å². The van der Waals surface area contributed by atoms with Crippen molar-refractivity contribution in [3.63, 3.8) is 0 Å². The van der Waals surface area contributed by atoms with E-state index in [1.165, 1.54) is 23.8 Å². The van der Waals surface area contributed by atoms with E-state index in [9.17, 15) is 9.59 Å². The molecule has 0 N–H and O–H groups in total. The number of ether oxygens (including phenoxy) is 1. The lowest BCUT2D eigenvalue weighted by Crippen LogP contribution is -2.22. The number of carbonyl (C=O) groups excluding carboxylic acids is 2. The Hall–Kier alpha value is -3.16. The molecule has 2 aromatic carbocycles. The molecule has 0 aliphatic heterocycles. The van der Waals surface area contributed by atoms with Crippen LogP contribution in [0.3, 0.4) is 0 Å². The maximum atomic E-state index is 12.4. The second kappa shape index (κ2) is 8.91. The molecule has 158 valence electrons. The van der Waals surface area contributed by atoms with Crippen molar-refractivity contribution in [2.45, 2.75) is 26.9 Å². The molecule has 0 aliphatic rings. The van der Waals surface area contributed by atoms with Crippen LogP contribution in [0, 0.1) is 0 Å². The van der Waals surface area contributed by atoms with Crippen LogP contribution in [-0.2, 0) is 22.6 Å². The molecule has 2 aromatic heterocycles. The lowest BCUT2D eigenvalue weighted by molar-refractivity contribution is -0.115. The third-order valence-electron chi connectivity index (χ3n) is 4.68. The molecule has 6 nitrogen and oxygen atoms in total. The van der Waals surface area contributed by atoms with Crippen molar-refractivity contribution in [2.75, 3.05) is 4.90 Å². The summed E-state index contributed by atoms with van der Waals surface area (Å²) in [7, 11) is 0. The summed E-state index contributed by atoms with van der Waals surface area (Å²) in [6.07, 6.45) is 0.922. The number of halogens is 1. The zero-order valence-corrected chi connectivity index (χ0v) is 18.5. The Kier molecular flexibility index (Phi) is 6.06. The van der Waals surface area contributed by atoms with Crippen molar-refractivity contribution >= 4 is 56.6 Å². The van der Waals surface area contributed by atoms with E-state index in [1.54, 1.807) is 34.5 Å². The predicted molar refractivity (Wildman–Crippen MR) is 121 cm³/mol. The molecule has 0 saturated carbocycles. The minimum Gasteiger partial charge on any atom is -0.453 e. The number of anilines is 2. The summed E-state index contributed by atoms with van der Waals surface area (Å²) in [5.74, 6) is -0.655. The van der Waals surface area contributed by atoms with Gasteiger partial charge in [-0.2, -0.15) is 0 Å². The number of fused-ring (bicyclic) bond motifs is 1. The van der Waals surface area contributed by atoms with Gasteiger partial charge >= 0.3 is 5.97 Å². The summed E-state index contributed by atoms with van der Waals surface area (Å²) in [6, 6.07) is 14.5. The van der Waals surface area contributed by atoms with Gasteiger partial charge in [0.1, 0.15) is 12.2 Å². The molecule has 0 atom stereocenters. The summed E-state index contributed by atoms with van der Waals surface area (Å²) >= 11 is 7.27. The first-order chi connectivity index (χ1) is 14.9. The van der Waals surface area contributed by atoms with Crippen LogP contribution in [0.15, 0.2) is 58.3 Å². The fourth-order valence-electron chi connectivity index (χ4n) is 3.10. The minimum absolute atomic E-state index is 0.0341. The normalized spacial score (nSPS) is 10.9. The van der Waals surface area contributed by atoms with Gasteiger partial charge in [-0.1, -0.05) is 30.7 Å². The Morgan fingerprint density at radius 1 is 1.16 bits per heavy atom. The highest BCUT2D eigenvalue weighted by Crippen LogP contribution is 2.30. The highest BCUT2D eigenvalue weighted by molar-refractivity contribution is 7.14. The predicted octanol–water partition coefficient (Wildman–Crippen LogP) is 6.15. The van der Waals surface area contributed by atoms with Crippen LogP contribution in [0.1, 0.15) is 35.7 Å². The van der Waals surface area contributed by atoms with Gasteiger partial charge in [-0.25, -0.2) is 9.78 Å². The van der Waals surface area contributed by atoms with Crippen LogP contribution in [0.5, 0.6) is 0 Å². The zero-order valence-electron chi connectivity index (χ0n) is 16.9. The quantitative estimate of drug-likeness (QED) is 0.327. The SMILES string of the molecule is CCc1ccc(N(C(C)=O)c2nc(COC(=O)c3cc4cc(Cl)ccc4o3)cs2)cc1. The molecule has 4 aromatic rings. The lowest BCUT2D eigenvalue weighted by Gasteiger charge is -2.18. The number of hydrogen-bond acceptors (Lipinski definition) is 6. The van der Waals surface area contributed by atoms with E-state index in [1.807, 2.05) is 24.3 Å². The number of aryl methyl sites for hydroxylation is 1. The first-order valence-electron chi connectivity index (χ1n) is 9.65. The van der Waals surface area contributed by atoms with Gasteiger partial charge in [0.15, 0.2) is 5.13 Å². The van der Waals surface area contributed by atoms with Gasteiger partial charge in [-0.15, -0.1) is 11.3 Å². The fourth-order valence-corrected chi connectivity index (χ4v) is 4.15. The number of carbonyl (C=O) groups is 2. The van der Waals surface area contributed by atoms with Gasteiger partial charge < -0.3 is 9.15 Å². The van der Waals surface area contributed by atoms with Crippen LogP contribution >= 0.6 is 22.9 Å². The molecular weight excluding hydrogens is 436 g/mol. The number of rotatable bonds is 6. The smallest absolute Gasteiger partial charge is 0.374 e. The third-order valence-corrected chi connectivity index (χ3v) is 5.79. The van der Waals surface area contributed by atoms with Crippen LogP contribution in [-0.4, -0.2) is 16.9 Å². The molecule has 8 heteroatoms. The van der Waals surface area contributed by atoms with E-state index in [4.69, 9.17) is 20.8 Å². The molecule has 0 unspecified atom stereocenters. The van der Waals surface area contributed by atoms with Gasteiger partial charge in [0.2, 0.25) is 11.7 Å². The van der Waals surface area contributed by atoms with E-state index < -0.39 is 5.97 Å². The summed E-state index contributed by atoms with van der Waals surface area (Å²) < 4.78 is 10.9. The lowest BCUT2D eigenvalue weighted by atomic mass is 10.1. The second-order valence-electron chi connectivity index (χ2n) is 6.86. The van der Waals surface area contributed by atoms with Crippen molar-refractivity contribution < 1.29 is 18.7 Å². The van der Waals surface area contributed by atoms with Gasteiger partial charge in [-0.3, -0.25) is 9.69 Å². The number of thiazole rings is 1. The molecule has 0 radical (unpaired) electrons. The molecule has 1 amide bonds. The Labute approximate surface area is 188 Å². The molecule has 31 heavy (non-hydrogen) atoms. The molecule has 0 fully saturated rings. The van der Waals surface area contributed by atoms with Gasteiger partial charge in [0, 0.05) is 22.7 Å². The number of nitrogens with zero attached hydrogens (tertiary/aromatic N) is 2. The highest BCUT2D eigenvalue weighted by atomic mass is 35.5. The van der Waals surface area contributed by atoms with Crippen molar-refractivity contribution in [2.24, 2.45) is 0 Å². The average molecular weight is 455 g/mol. The number of esters is 1. The topological polar surface area (TPSA) is 72.6 Å². The molecule has 4 rings (SSSR count). The summed E-state index contributed by atoms with van der Waals surface area (Å²) in [5, 5.41) is 3.56. The van der Waals surface area contributed by atoms with E-state index in [0.29, 0.717) is 21.4 Å². The van der Waals surface area contributed by atoms with Crippen LogP contribution < -0.4 is 4.90 Å². The van der Waals surface area contributed by atoms with E-state index >= 15 is 0 Å². The van der Waals surface area contributed by atoms with E-state index in [0.717, 1.165) is 17.5 Å². The molecule has 0 spiro atoms. The highest BCUT2D eigenvalue weighted by Gasteiger charge is 2.19. The van der Waals surface area contributed by atoms with Crippen LogP contribution in [0.2, 0.25) is 5.02 Å². The first-order valence-corrected chi connectivity index (χ1v) is 10.9. The molecule has 2 heterocycles. The molecule has 0 bridgehead atoms. The van der Waals surface area contributed by atoms with Gasteiger partial charge in [-0.05, 0) is 48.4 Å². The summed E-state index contributed by atoms with van der Waals surface area (Å²) in [6.45, 7) is 3.53. The Bertz CT molecular complexity index is 1250. The maximum absolute atomic E-state index is 12.4. The van der Waals surface area contributed by atoms with Crippen molar-refractivity contribution in [3.8, 4) is 0 Å².